The number of aliphatic hydroxyl groups excluding tert-OH is 1. The quantitative estimate of drug-likeness (QED) is 0.684. The van der Waals surface area contributed by atoms with Crippen LogP contribution in [0, 0.1) is 10.1 Å². The van der Waals surface area contributed by atoms with Crippen LogP contribution in [-0.2, 0) is 0 Å². The molecule has 0 bridgehead atoms. The second-order valence-electron chi connectivity index (χ2n) is 4.50. The molecule has 0 saturated heterocycles. The molecule has 0 amide bonds. The van der Waals surface area contributed by atoms with E-state index in [9.17, 15) is 15.2 Å². The third-order valence-electron chi connectivity index (χ3n) is 3.14. The summed E-state index contributed by atoms with van der Waals surface area (Å²) in [6.45, 7) is 0. The van der Waals surface area contributed by atoms with Crippen LogP contribution in [0.15, 0.2) is 12.1 Å². The Bertz CT molecular complexity index is 495. The first-order chi connectivity index (χ1) is 8.99. The van der Waals surface area contributed by atoms with Crippen molar-refractivity contribution in [3.05, 3.63) is 32.3 Å². The van der Waals surface area contributed by atoms with Gasteiger partial charge in [0, 0.05) is 12.1 Å². The van der Waals surface area contributed by atoms with Crippen molar-refractivity contribution >= 4 is 28.9 Å². The monoisotopic (exact) mass is 305 g/mol. The summed E-state index contributed by atoms with van der Waals surface area (Å²) in [5.74, 6) is 0.0466. The van der Waals surface area contributed by atoms with E-state index in [1.165, 1.54) is 6.07 Å². The third-order valence-corrected chi connectivity index (χ3v) is 3.87. The minimum Gasteiger partial charge on any atom is -0.481 e. The maximum Gasteiger partial charge on any atom is 0.312 e. The summed E-state index contributed by atoms with van der Waals surface area (Å²) in [6.07, 6.45) is 2.12. The number of benzene rings is 1. The Hall–Kier alpha value is -1.04. The maximum absolute atomic E-state index is 11.0. The molecule has 1 saturated carbocycles. The number of aliphatic hydroxyl groups is 1. The number of nitrogens with zero attached hydrogens (tertiary/aromatic N) is 1. The standard InChI is InChI=1S/C12H13Cl2NO4/c13-7-5-9(15(17)18)12(6-8(7)14)19-11-4-2-1-3-10(11)16/h5-6,10-11,16H,1-4H2. The van der Waals surface area contributed by atoms with E-state index in [-0.39, 0.29) is 21.5 Å². The zero-order valence-corrected chi connectivity index (χ0v) is 11.5. The molecule has 1 aliphatic carbocycles. The van der Waals surface area contributed by atoms with Gasteiger partial charge in [-0.05, 0) is 19.3 Å². The van der Waals surface area contributed by atoms with Gasteiger partial charge in [0.15, 0.2) is 5.75 Å². The molecule has 0 aliphatic heterocycles. The van der Waals surface area contributed by atoms with Gasteiger partial charge in [0.25, 0.3) is 0 Å². The summed E-state index contributed by atoms with van der Waals surface area (Å²) in [6, 6.07) is 2.48. The molecule has 2 unspecified atom stereocenters. The predicted molar refractivity (Wildman–Crippen MR) is 72.0 cm³/mol. The van der Waals surface area contributed by atoms with Crippen LogP contribution in [0.25, 0.3) is 0 Å². The lowest BCUT2D eigenvalue weighted by atomic mass is 9.95. The summed E-state index contributed by atoms with van der Waals surface area (Å²) in [4.78, 5) is 10.4. The van der Waals surface area contributed by atoms with Crippen LogP contribution in [0.3, 0.4) is 0 Å². The summed E-state index contributed by atoms with van der Waals surface area (Å²) in [5.41, 5.74) is -0.243. The van der Waals surface area contributed by atoms with Crippen molar-refractivity contribution in [1.82, 2.24) is 0 Å². The molecule has 0 aromatic heterocycles. The molecular weight excluding hydrogens is 293 g/mol. The minimum atomic E-state index is -0.609. The van der Waals surface area contributed by atoms with E-state index in [1.807, 2.05) is 0 Å². The van der Waals surface area contributed by atoms with Gasteiger partial charge >= 0.3 is 5.69 Å². The SMILES string of the molecule is O=[N+]([O-])c1cc(Cl)c(Cl)cc1OC1CCCCC1O. The Morgan fingerprint density at radius 3 is 2.53 bits per heavy atom. The van der Waals surface area contributed by atoms with Crippen molar-refractivity contribution in [2.45, 2.75) is 37.9 Å². The molecule has 1 N–H and O–H groups in total. The highest BCUT2D eigenvalue weighted by atomic mass is 35.5. The molecule has 0 spiro atoms. The number of nitro groups is 1. The lowest BCUT2D eigenvalue weighted by Gasteiger charge is -2.28. The van der Waals surface area contributed by atoms with Crippen molar-refractivity contribution in [1.29, 1.82) is 0 Å². The minimum absolute atomic E-state index is 0.0466. The maximum atomic E-state index is 11.0. The van der Waals surface area contributed by atoms with Crippen molar-refractivity contribution in [2.24, 2.45) is 0 Å². The fourth-order valence-corrected chi connectivity index (χ4v) is 2.44. The molecule has 0 heterocycles. The van der Waals surface area contributed by atoms with Crippen LogP contribution in [0.5, 0.6) is 5.75 Å². The van der Waals surface area contributed by atoms with E-state index >= 15 is 0 Å². The zero-order valence-electron chi connectivity index (χ0n) is 10.0. The largest absolute Gasteiger partial charge is 0.481 e. The van der Waals surface area contributed by atoms with Crippen molar-refractivity contribution in [2.75, 3.05) is 0 Å². The topological polar surface area (TPSA) is 72.6 Å². The first-order valence-electron chi connectivity index (χ1n) is 5.97. The van der Waals surface area contributed by atoms with E-state index < -0.39 is 17.1 Å². The Kier molecular flexibility index (Phi) is 4.50. The molecule has 7 heteroatoms. The number of hydrogen-bond donors (Lipinski definition) is 1. The fraction of sp³-hybridized carbons (Fsp3) is 0.500. The summed E-state index contributed by atoms with van der Waals surface area (Å²) in [5, 5.41) is 21.1. The van der Waals surface area contributed by atoms with E-state index in [1.54, 1.807) is 0 Å². The molecule has 1 aromatic carbocycles. The average Bonchev–Trinajstić information content (AvgIpc) is 2.36. The lowest BCUT2D eigenvalue weighted by molar-refractivity contribution is -0.386. The predicted octanol–water partition coefficient (Wildman–Crippen LogP) is 3.58. The van der Waals surface area contributed by atoms with Gasteiger partial charge in [0.2, 0.25) is 0 Å². The number of rotatable bonds is 3. The van der Waals surface area contributed by atoms with Crippen LogP contribution in [-0.4, -0.2) is 22.2 Å². The van der Waals surface area contributed by atoms with E-state index in [0.717, 1.165) is 18.9 Å². The van der Waals surface area contributed by atoms with Crippen molar-refractivity contribution in [3.63, 3.8) is 0 Å². The van der Waals surface area contributed by atoms with Gasteiger partial charge in [-0.15, -0.1) is 0 Å². The molecule has 1 fully saturated rings. The highest BCUT2D eigenvalue weighted by molar-refractivity contribution is 6.42. The number of ether oxygens (including phenoxy) is 1. The number of nitro benzene ring substituents is 1. The van der Waals surface area contributed by atoms with Crippen molar-refractivity contribution in [3.8, 4) is 5.75 Å². The molecule has 1 aliphatic rings. The van der Waals surface area contributed by atoms with Crippen LogP contribution < -0.4 is 4.74 Å². The second kappa shape index (κ2) is 5.94. The molecule has 19 heavy (non-hydrogen) atoms. The first-order valence-corrected chi connectivity index (χ1v) is 6.73. The van der Waals surface area contributed by atoms with E-state index in [4.69, 9.17) is 27.9 Å². The van der Waals surface area contributed by atoms with E-state index in [2.05, 4.69) is 0 Å². The van der Waals surface area contributed by atoms with Crippen LogP contribution >= 0.6 is 23.2 Å². The molecule has 5 nitrogen and oxygen atoms in total. The van der Waals surface area contributed by atoms with Gasteiger partial charge in [-0.2, -0.15) is 0 Å². The summed E-state index contributed by atoms with van der Waals surface area (Å²) < 4.78 is 5.56. The molecule has 0 radical (unpaired) electrons. The van der Waals surface area contributed by atoms with Gasteiger partial charge in [-0.3, -0.25) is 10.1 Å². The fourth-order valence-electron chi connectivity index (χ4n) is 2.13. The van der Waals surface area contributed by atoms with E-state index in [0.29, 0.717) is 12.8 Å². The Balaban J connectivity index is 2.27. The van der Waals surface area contributed by atoms with Crippen LogP contribution in [0.2, 0.25) is 10.0 Å². The van der Waals surface area contributed by atoms with Gasteiger partial charge in [0.1, 0.15) is 6.10 Å². The molecule has 1 aromatic rings. The highest BCUT2D eigenvalue weighted by Gasteiger charge is 2.28. The zero-order chi connectivity index (χ0) is 14.0. The Labute approximate surface area is 120 Å². The molecular formula is C12H13Cl2NO4. The number of hydrogen-bond acceptors (Lipinski definition) is 4. The highest BCUT2D eigenvalue weighted by Crippen LogP contribution is 2.37. The Morgan fingerprint density at radius 2 is 1.89 bits per heavy atom. The second-order valence-corrected chi connectivity index (χ2v) is 5.31. The lowest BCUT2D eigenvalue weighted by Crippen LogP contribution is -2.34. The summed E-state index contributed by atoms with van der Waals surface area (Å²) in [7, 11) is 0. The molecule has 104 valence electrons. The molecule has 2 atom stereocenters. The normalized spacial score (nSPS) is 23.1. The third kappa shape index (κ3) is 3.29. The van der Waals surface area contributed by atoms with Gasteiger partial charge < -0.3 is 9.84 Å². The first kappa shape index (κ1) is 14.4. The molecule has 2 rings (SSSR count). The smallest absolute Gasteiger partial charge is 0.312 e. The van der Waals surface area contributed by atoms with Gasteiger partial charge in [-0.1, -0.05) is 29.6 Å². The Morgan fingerprint density at radius 1 is 1.26 bits per heavy atom. The average molecular weight is 306 g/mol. The van der Waals surface area contributed by atoms with Gasteiger partial charge in [-0.25, -0.2) is 0 Å². The summed E-state index contributed by atoms with van der Waals surface area (Å²) >= 11 is 11.6. The van der Waals surface area contributed by atoms with Gasteiger partial charge in [0.05, 0.1) is 21.1 Å². The number of halogens is 2. The van der Waals surface area contributed by atoms with Crippen molar-refractivity contribution < 1.29 is 14.8 Å². The van der Waals surface area contributed by atoms with Crippen LogP contribution in [0.1, 0.15) is 25.7 Å². The van der Waals surface area contributed by atoms with Crippen LogP contribution in [0.4, 0.5) is 5.69 Å².